The largest absolute Gasteiger partial charge is 0.463 e. The normalized spacial score (nSPS) is 9.00. The fraction of sp³-hybridized carbons (Fsp3) is 0. The molecule has 0 saturated carbocycles. The van der Waals surface area contributed by atoms with Crippen LogP contribution in [0.1, 0.15) is 10.6 Å². The van der Waals surface area contributed by atoms with Crippen LogP contribution in [0.2, 0.25) is 0 Å². The van der Waals surface area contributed by atoms with Crippen LogP contribution < -0.4 is 0 Å². The molecule has 2 nitrogen and oxygen atoms in total. The van der Waals surface area contributed by atoms with Gasteiger partial charge in [0.2, 0.25) is 0 Å². The number of carbonyl (C=O) groups is 1. The lowest BCUT2D eigenvalue weighted by Crippen LogP contribution is -1.92. The molecule has 8 heavy (non-hydrogen) atoms. The molecule has 0 aliphatic heterocycles. The molecule has 0 atom stereocenters. The molecule has 0 unspecified atom stereocenters. The molecule has 1 aromatic rings. The maximum atomic E-state index is 10.4. The summed E-state index contributed by atoms with van der Waals surface area (Å²) in [5.41, 5.74) is 0. The molecule has 0 bridgehead atoms. The number of hydrogen-bond acceptors (Lipinski definition) is 2. The molecule has 0 spiro atoms. The highest BCUT2D eigenvalue weighted by Crippen LogP contribution is 1.97. The van der Waals surface area contributed by atoms with Crippen LogP contribution in [-0.2, 0) is 0 Å². The smallest absolute Gasteiger partial charge is 0.256 e. The number of carbonyl (C=O) groups excluding carboxylic acids is 1. The van der Waals surface area contributed by atoms with Gasteiger partial charge in [-0.25, -0.2) is 0 Å². The van der Waals surface area contributed by atoms with E-state index in [9.17, 15) is 4.79 Å². The predicted molar refractivity (Wildman–Crippen MR) is 28.8 cm³/mol. The van der Waals surface area contributed by atoms with Crippen molar-refractivity contribution in [1.82, 2.24) is 0 Å². The first-order chi connectivity index (χ1) is 3.80. The van der Waals surface area contributed by atoms with E-state index < -0.39 is 0 Å². The quantitative estimate of drug-likeness (QED) is 0.510. The van der Waals surface area contributed by atoms with Crippen LogP contribution in [0.15, 0.2) is 22.8 Å². The first-order valence-electron chi connectivity index (χ1n) is 2.14. The van der Waals surface area contributed by atoms with Crippen molar-refractivity contribution in [3.05, 3.63) is 24.2 Å². The molecule has 3 heteroatoms. The van der Waals surface area contributed by atoms with Gasteiger partial charge in [-0.3, -0.25) is 0 Å². The molecule has 0 aromatic carbocycles. The minimum absolute atomic E-state index is 0.116. The molecule has 38 valence electrons. The molecule has 1 heterocycles. The summed E-state index contributed by atoms with van der Waals surface area (Å²) >= 11 is 2.03. The molecule has 1 aromatic heterocycles. The molecular formula is C5H3AlO2. The van der Waals surface area contributed by atoms with Crippen molar-refractivity contribution in [2.75, 3.05) is 0 Å². The third-order valence-corrected chi connectivity index (χ3v) is 1.05. The zero-order valence-corrected chi connectivity index (χ0v) is 5.28. The molecule has 0 N–H and O–H groups in total. The standard InChI is InChI=1S/C5H3O2.Al/c6-4-5-2-1-3-7-5;/h1-3H;. The summed E-state index contributed by atoms with van der Waals surface area (Å²) < 4.78 is 4.61. The minimum Gasteiger partial charge on any atom is -0.463 e. The summed E-state index contributed by atoms with van der Waals surface area (Å²) in [5.74, 6) is 0.384. The Morgan fingerprint density at radius 1 is 1.75 bits per heavy atom. The third kappa shape index (κ3) is 1.00. The molecule has 2 radical (unpaired) electrons. The average molecular weight is 122 g/mol. The lowest BCUT2D eigenvalue weighted by atomic mass is 10.5. The van der Waals surface area contributed by atoms with Gasteiger partial charge in [0.25, 0.3) is 16.3 Å². The monoisotopic (exact) mass is 122 g/mol. The van der Waals surface area contributed by atoms with Gasteiger partial charge in [0.1, 0.15) is 5.76 Å². The maximum absolute atomic E-state index is 10.4. The summed E-state index contributed by atoms with van der Waals surface area (Å²) in [6.07, 6.45) is 1.47. The Hall–Kier alpha value is -0.518. The number of furan rings is 1. The molecule has 0 aliphatic carbocycles. The van der Waals surface area contributed by atoms with Gasteiger partial charge in [-0.2, -0.15) is 0 Å². The van der Waals surface area contributed by atoms with E-state index in [1.807, 2.05) is 16.3 Å². The van der Waals surface area contributed by atoms with Crippen LogP contribution in [0.25, 0.3) is 0 Å². The lowest BCUT2D eigenvalue weighted by molar-refractivity contribution is 0.105. The van der Waals surface area contributed by atoms with Gasteiger partial charge in [0.15, 0.2) is 0 Å². The van der Waals surface area contributed by atoms with Crippen molar-refractivity contribution in [2.45, 2.75) is 0 Å². The first kappa shape index (κ1) is 5.62. The second kappa shape index (κ2) is 2.17. The molecule has 0 amide bonds. The summed E-state index contributed by atoms with van der Waals surface area (Å²) in [5, 5.41) is 0. The first-order valence-corrected chi connectivity index (χ1v) is 2.72. The van der Waals surface area contributed by atoms with E-state index in [0.29, 0.717) is 5.76 Å². The third-order valence-electron chi connectivity index (χ3n) is 0.764. The van der Waals surface area contributed by atoms with Crippen LogP contribution in [0, 0.1) is 0 Å². The Bertz CT molecular complexity index is 178. The number of hydrogen-bond donors (Lipinski definition) is 0. The fourth-order valence-electron chi connectivity index (χ4n) is 0.419. The van der Waals surface area contributed by atoms with E-state index in [1.54, 1.807) is 12.1 Å². The highest BCUT2D eigenvalue weighted by molar-refractivity contribution is 6.61. The van der Waals surface area contributed by atoms with Gasteiger partial charge < -0.3 is 9.21 Å². The average Bonchev–Trinajstić information content (AvgIpc) is 2.12. The van der Waals surface area contributed by atoms with E-state index >= 15 is 0 Å². The predicted octanol–water partition coefficient (Wildman–Crippen LogP) is 0.588. The van der Waals surface area contributed by atoms with E-state index in [1.165, 1.54) is 6.26 Å². The van der Waals surface area contributed by atoms with E-state index in [-0.39, 0.29) is 4.65 Å². The summed E-state index contributed by atoms with van der Waals surface area (Å²) in [4.78, 5) is 10.4. The summed E-state index contributed by atoms with van der Waals surface area (Å²) in [6, 6.07) is 3.30. The van der Waals surface area contributed by atoms with Crippen LogP contribution >= 0.6 is 0 Å². The summed E-state index contributed by atoms with van der Waals surface area (Å²) in [6.45, 7) is 0. The van der Waals surface area contributed by atoms with Crippen molar-refractivity contribution >= 4 is 20.9 Å². The Morgan fingerprint density at radius 3 is 2.75 bits per heavy atom. The highest BCUT2D eigenvalue weighted by Gasteiger charge is 1.95. The fourth-order valence-corrected chi connectivity index (χ4v) is 0.583. The zero-order chi connectivity index (χ0) is 5.98. The van der Waals surface area contributed by atoms with Crippen LogP contribution in [-0.4, -0.2) is 20.9 Å². The van der Waals surface area contributed by atoms with Crippen LogP contribution in [0.4, 0.5) is 0 Å². The van der Waals surface area contributed by atoms with Gasteiger partial charge in [-0.1, -0.05) is 0 Å². The SMILES string of the molecule is O=[C]([Al])c1ccco1. The van der Waals surface area contributed by atoms with Crippen molar-refractivity contribution in [2.24, 2.45) is 0 Å². The second-order valence-corrected chi connectivity index (χ2v) is 1.87. The van der Waals surface area contributed by atoms with Crippen molar-refractivity contribution in [3.8, 4) is 0 Å². The number of rotatable bonds is 1. The van der Waals surface area contributed by atoms with E-state index in [4.69, 9.17) is 4.42 Å². The molecule has 0 fully saturated rings. The Morgan fingerprint density at radius 2 is 2.50 bits per heavy atom. The lowest BCUT2D eigenvalue weighted by Gasteiger charge is -1.82. The molecule has 0 aliphatic rings. The minimum atomic E-state index is -0.116. The van der Waals surface area contributed by atoms with Gasteiger partial charge in [0.05, 0.1) is 10.9 Å². The summed E-state index contributed by atoms with van der Waals surface area (Å²) in [7, 11) is 0. The van der Waals surface area contributed by atoms with Gasteiger partial charge in [0, 0.05) is 0 Å². The van der Waals surface area contributed by atoms with Crippen molar-refractivity contribution < 1.29 is 9.21 Å². The Kier molecular flexibility index (Phi) is 1.52. The van der Waals surface area contributed by atoms with Gasteiger partial charge >= 0.3 is 0 Å². The Balaban J connectivity index is 2.93. The van der Waals surface area contributed by atoms with Gasteiger partial charge in [-0.15, -0.1) is 0 Å². The van der Waals surface area contributed by atoms with Crippen LogP contribution in [0.5, 0.6) is 0 Å². The van der Waals surface area contributed by atoms with Crippen LogP contribution in [0.3, 0.4) is 0 Å². The highest BCUT2D eigenvalue weighted by atomic mass is 27.0. The van der Waals surface area contributed by atoms with Crippen molar-refractivity contribution in [1.29, 1.82) is 0 Å². The van der Waals surface area contributed by atoms with Gasteiger partial charge in [-0.05, 0) is 12.1 Å². The molecule has 0 saturated heterocycles. The zero-order valence-electron chi connectivity index (χ0n) is 4.13. The topological polar surface area (TPSA) is 30.2 Å². The van der Waals surface area contributed by atoms with E-state index in [0.717, 1.165) is 0 Å². The molecule has 1 rings (SSSR count). The van der Waals surface area contributed by atoms with E-state index in [2.05, 4.69) is 0 Å². The Labute approximate surface area is 54.9 Å². The van der Waals surface area contributed by atoms with Crippen molar-refractivity contribution in [3.63, 3.8) is 0 Å². The molecular weight excluding hydrogens is 119 g/mol. The maximum Gasteiger partial charge on any atom is 0.256 e. The second-order valence-electron chi connectivity index (χ2n) is 1.34.